The van der Waals surface area contributed by atoms with Gasteiger partial charge in [-0.3, -0.25) is 4.79 Å². The number of hydrogen-bond acceptors (Lipinski definition) is 2. The van der Waals surface area contributed by atoms with Gasteiger partial charge in [-0.1, -0.05) is 25.1 Å². The topological polar surface area (TPSA) is 42.2 Å². The number of furan rings is 1. The zero-order valence-electron chi connectivity index (χ0n) is 11.2. The summed E-state index contributed by atoms with van der Waals surface area (Å²) in [4.78, 5) is 12.2. The van der Waals surface area contributed by atoms with Crippen molar-refractivity contribution in [3.05, 3.63) is 36.1 Å². The number of carbonyl (C=O) groups excluding carboxylic acids is 1. The number of fused-ring (bicyclic) bond motifs is 1. The average Bonchev–Trinajstić information content (AvgIpc) is 2.85. The molecule has 0 saturated heterocycles. The second-order valence-corrected chi connectivity index (χ2v) is 5.58. The van der Waals surface area contributed by atoms with Crippen LogP contribution >= 0.6 is 0 Å². The predicted octanol–water partition coefficient (Wildman–Crippen LogP) is 3.74. The Bertz CT molecular complexity index is 546. The Morgan fingerprint density at radius 3 is 2.68 bits per heavy atom. The van der Waals surface area contributed by atoms with E-state index in [0.29, 0.717) is 11.8 Å². The molecule has 1 heterocycles. The van der Waals surface area contributed by atoms with Crippen molar-refractivity contribution in [2.45, 2.75) is 38.6 Å². The van der Waals surface area contributed by atoms with Crippen LogP contribution in [0.4, 0.5) is 0 Å². The van der Waals surface area contributed by atoms with Crippen molar-refractivity contribution in [1.82, 2.24) is 5.32 Å². The van der Waals surface area contributed by atoms with Crippen LogP contribution in [-0.4, -0.2) is 11.9 Å². The number of amides is 1. The van der Waals surface area contributed by atoms with Gasteiger partial charge in [-0.15, -0.1) is 0 Å². The van der Waals surface area contributed by atoms with E-state index >= 15 is 0 Å². The van der Waals surface area contributed by atoms with Crippen LogP contribution in [0.1, 0.15) is 43.2 Å². The molecular formula is C16H19NO2. The van der Waals surface area contributed by atoms with Crippen molar-refractivity contribution in [3.8, 4) is 0 Å². The highest BCUT2D eigenvalue weighted by Gasteiger charge is 2.21. The number of benzene rings is 1. The van der Waals surface area contributed by atoms with Crippen molar-refractivity contribution in [1.29, 1.82) is 0 Å². The highest BCUT2D eigenvalue weighted by atomic mass is 16.3. The molecular weight excluding hydrogens is 238 g/mol. The lowest BCUT2D eigenvalue weighted by Gasteiger charge is -2.26. The van der Waals surface area contributed by atoms with E-state index in [1.807, 2.05) is 30.3 Å². The zero-order chi connectivity index (χ0) is 13.2. The minimum Gasteiger partial charge on any atom is -0.451 e. The molecule has 3 rings (SSSR count). The van der Waals surface area contributed by atoms with Crippen molar-refractivity contribution >= 4 is 16.9 Å². The molecule has 1 N–H and O–H groups in total. The Kier molecular flexibility index (Phi) is 3.28. The molecule has 1 aliphatic carbocycles. The maximum atomic E-state index is 12.2. The number of nitrogens with one attached hydrogen (secondary N) is 1. The van der Waals surface area contributed by atoms with E-state index in [2.05, 4.69) is 12.2 Å². The summed E-state index contributed by atoms with van der Waals surface area (Å²) < 4.78 is 5.58. The van der Waals surface area contributed by atoms with Crippen LogP contribution in [0.15, 0.2) is 34.7 Å². The van der Waals surface area contributed by atoms with Crippen LogP contribution in [-0.2, 0) is 0 Å². The van der Waals surface area contributed by atoms with Crippen molar-refractivity contribution < 1.29 is 9.21 Å². The van der Waals surface area contributed by atoms with Crippen LogP contribution < -0.4 is 5.32 Å². The third kappa shape index (κ3) is 2.65. The van der Waals surface area contributed by atoms with Gasteiger partial charge in [0.15, 0.2) is 5.76 Å². The summed E-state index contributed by atoms with van der Waals surface area (Å²) in [6, 6.07) is 9.82. The van der Waals surface area contributed by atoms with Gasteiger partial charge in [-0.25, -0.2) is 0 Å². The van der Waals surface area contributed by atoms with E-state index in [1.165, 1.54) is 12.8 Å². The number of para-hydroxylation sites is 1. The summed E-state index contributed by atoms with van der Waals surface area (Å²) in [5.74, 6) is 1.12. The van der Waals surface area contributed by atoms with Crippen molar-refractivity contribution in [2.24, 2.45) is 5.92 Å². The van der Waals surface area contributed by atoms with Gasteiger partial charge in [0.2, 0.25) is 0 Å². The molecule has 1 amide bonds. The van der Waals surface area contributed by atoms with Crippen molar-refractivity contribution in [2.75, 3.05) is 0 Å². The Morgan fingerprint density at radius 2 is 1.95 bits per heavy atom. The van der Waals surface area contributed by atoms with Crippen LogP contribution in [0.3, 0.4) is 0 Å². The van der Waals surface area contributed by atoms with E-state index in [1.54, 1.807) is 0 Å². The van der Waals surface area contributed by atoms with Gasteiger partial charge < -0.3 is 9.73 Å². The molecule has 0 atom stereocenters. The van der Waals surface area contributed by atoms with Crippen LogP contribution in [0, 0.1) is 5.92 Å². The highest BCUT2D eigenvalue weighted by Crippen LogP contribution is 2.24. The van der Waals surface area contributed by atoms with Crippen LogP contribution in [0.2, 0.25) is 0 Å². The number of carbonyl (C=O) groups is 1. The number of hydrogen-bond donors (Lipinski definition) is 1. The van der Waals surface area contributed by atoms with Gasteiger partial charge in [0.05, 0.1) is 0 Å². The first kappa shape index (κ1) is 12.3. The maximum absolute atomic E-state index is 12.2. The Hall–Kier alpha value is -1.77. The van der Waals surface area contributed by atoms with E-state index in [4.69, 9.17) is 4.42 Å². The van der Waals surface area contributed by atoms with Gasteiger partial charge in [0.1, 0.15) is 5.58 Å². The predicted molar refractivity (Wildman–Crippen MR) is 75.1 cm³/mol. The molecule has 0 aliphatic heterocycles. The molecule has 2 aromatic rings. The molecule has 3 heteroatoms. The summed E-state index contributed by atoms with van der Waals surface area (Å²) in [7, 11) is 0. The fourth-order valence-electron chi connectivity index (χ4n) is 2.75. The fourth-order valence-corrected chi connectivity index (χ4v) is 2.75. The molecule has 100 valence electrons. The van der Waals surface area contributed by atoms with Gasteiger partial charge >= 0.3 is 0 Å². The third-order valence-electron chi connectivity index (χ3n) is 4.00. The third-order valence-corrected chi connectivity index (χ3v) is 4.00. The Morgan fingerprint density at radius 1 is 1.21 bits per heavy atom. The summed E-state index contributed by atoms with van der Waals surface area (Å²) in [5.41, 5.74) is 0.768. The SMILES string of the molecule is C[C@H]1CC[C@H](NC(=O)c2cc3ccccc3o2)CC1. The zero-order valence-corrected chi connectivity index (χ0v) is 11.2. The lowest BCUT2D eigenvalue weighted by atomic mass is 9.87. The van der Waals surface area contributed by atoms with Gasteiger partial charge in [-0.2, -0.15) is 0 Å². The van der Waals surface area contributed by atoms with E-state index in [0.717, 1.165) is 29.7 Å². The molecule has 0 radical (unpaired) electrons. The van der Waals surface area contributed by atoms with Gasteiger partial charge in [-0.05, 0) is 43.7 Å². The quantitative estimate of drug-likeness (QED) is 0.890. The minimum atomic E-state index is -0.0873. The first-order chi connectivity index (χ1) is 9.22. The monoisotopic (exact) mass is 257 g/mol. The normalized spacial score (nSPS) is 23.4. The second-order valence-electron chi connectivity index (χ2n) is 5.58. The second kappa shape index (κ2) is 5.08. The molecule has 1 aromatic carbocycles. The van der Waals surface area contributed by atoms with Crippen LogP contribution in [0.5, 0.6) is 0 Å². The number of rotatable bonds is 2. The van der Waals surface area contributed by atoms with E-state index in [-0.39, 0.29) is 5.91 Å². The standard InChI is InChI=1S/C16H19NO2/c1-11-6-8-13(9-7-11)17-16(18)15-10-12-4-2-3-5-14(12)19-15/h2-5,10-11,13H,6-9H2,1H3,(H,17,18)/t11-,13-. The first-order valence-corrected chi connectivity index (χ1v) is 7.02. The summed E-state index contributed by atoms with van der Waals surface area (Å²) >= 11 is 0. The summed E-state index contributed by atoms with van der Waals surface area (Å²) in [5, 5.41) is 4.06. The van der Waals surface area contributed by atoms with Crippen LogP contribution in [0.25, 0.3) is 11.0 Å². The summed E-state index contributed by atoms with van der Waals surface area (Å²) in [6.45, 7) is 2.28. The first-order valence-electron chi connectivity index (χ1n) is 7.02. The van der Waals surface area contributed by atoms with Crippen molar-refractivity contribution in [3.63, 3.8) is 0 Å². The average molecular weight is 257 g/mol. The lowest BCUT2D eigenvalue weighted by molar-refractivity contribution is 0.0897. The van der Waals surface area contributed by atoms with E-state index in [9.17, 15) is 4.79 Å². The summed E-state index contributed by atoms with van der Waals surface area (Å²) in [6.07, 6.45) is 4.55. The highest BCUT2D eigenvalue weighted by molar-refractivity contribution is 5.96. The largest absolute Gasteiger partial charge is 0.451 e. The molecule has 3 nitrogen and oxygen atoms in total. The molecule has 0 unspecified atom stereocenters. The molecule has 1 aromatic heterocycles. The fraction of sp³-hybridized carbons (Fsp3) is 0.438. The Balaban J connectivity index is 1.70. The molecule has 1 saturated carbocycles. The van der Waals surface area contributed by atoms with Gasteiger partial charge in [0, 0.05) is 11.4 Å². The smallest absolute Gasteiger partial charge is 0.287 e. The molecule has 0 spiro atoms. The molecule has 1 aliphatic rings. The Labute approximate surface area is 113 Å². The molecule has 19 heavy (non-hydrogen) atoms. The lowest BCUT2D eigenvalue weighted by Crippen LogP contribution is -2.37. The maximum Gasteiger partial charge on any atom is 0.287 e. The van der Waals surface area contributed by atoms with Gasteiger partial charge in [0.25, 0.3) is 5.91 Å². The minimum absolute atomic E-state index is 0.0873. The molecule has 0 bridgehead atoms. The van der Waals surface area contributed by atoms with E-state index < -0.39 is 0 Å². The molecule has 1 fully saturated rings.